The number of imide groups is 1. The van der Waals surface area contributed by atoms with Crippen molar-refractivity contribution >= 4 is 50.8 Å². The molecule has 2 saturated heterocycles. The van der Waals surface area contributed by atoms with Crippen LogP contribution in [0.2, 0.25) is 0 Å². The van der Waals surface area contributed by atoms with Crippen LogP contribution in [0, 0.1) is 0 Å². The van der Waals surface area contributed by atoms with Gasteiger partial charge in [0, 0.05) is 17.6 Å². The van der Waals surface area contributed by atoms with Crippen molar-refractivity contribution in [1.82, 2.24) is 9.80 Å². The zero-order valence-electron chi connectivity index (χ0n) is 16.7. The molecule has 1 aromatic rings. The lowest BCUT2D eigenvalue weighted by molar-refractivity contribution is -0.135. The second-order valence-electron chi connectivity index (χ2n) is 6.71. The van der Waals surface area contributed by atoms with Gasteiger partial charge in [-0.05, 0) is 55.3 Å². The van der Waals surface area contributed by atoms with E-state index in [1.165, 1.54) is 0 Å². The first kappa shape index (κ1) is 22.4. The molecule has 0 atom stereocenters. The van der Waals surface area contributed by atoms with Crippen molar-refractivity contribution in [2.75, 3.05) is 32.8 Å². The summed E-state index contributed by atoms with van der Waals surface area (Å²) in [6, 6.07) is 3.50. The number of carbonyl (C=O) groups excluding carboxylic acids is 3. The Bertz CT molecular complexity index is 896. The maximum atomic E-state index is 12.8. The molecule has 0 N–H and O–H groups in total. The fourth-order valence-electron chi connectivity index (χ4n) is 3.17. The van der Waals surface area contributed by atoms with Gasteiger partial charge in [0.25, 0.3) is 11.1 Å². The minimum Gasteiger partial charge on any atom is -0.490 e. The predicted molar refractivity (Wildman–Crippen MR) is 119 cm³/mol. The van der Waals surface area contributed by atoms with Crippen LogP contribution in [-0.2, 0) is 9.59 Å². The van der Waals surface area contributed by atoms with E-state index in [2.05, 4.69) is 22.5 Å². The minimum absolute atomic E-state index is 0.195. The van der Waals surface area contributed by atoms with Crippen LogP contribution in [0.15, 0.2) is 34.2 Å². The molecule has 9 heteroatoms. The molecule has 2 aliphatic rings. The first-order valence-electron chi connectivity index (χ1n) is 9.67. The van der Waals surface area contributed by atoms with Gasteiger partial charge < -0.3 is 14.4 Å². The summed E-state index contributed by atoms with van der Waals surface area (Å²) in [5, 5.41) is -0.439. The van der Waals surface area contributed by atoms with Crippen LogP contribution in [0.5, 0.6) is 11.5 Å². The van der Waals surface area contributed by atoms with Gasteiger partial charge in [-0.2, -0.15) is 0 Å². The van der Waals surface area contributed by atoms with Crippen LogP contribution in [0.3, 0.4) is 0 Å². The molecule has 3 amide bonds. The lowest BCUT2D eigenvalue weighted by atomic mass is 10.1. The summed E-state index contributed by atoms with van der Waals surface area (Å²) in [6.45, 7) is 7.41. The van der Waals surface area contributed by atoms with Gasteiger partial charge in [0.2, 0.25) is 5.91 Å². The highest BCUT2D eigenvalue weighted by atomic mass is 79.9. The molecule has 0 spiro atoms. The summed E-state index contributed by atoms with van der Waals surface area (Å²) in [4.78, 5) is 40.4. The van der Waals surface area contributed by atoms with Gasteiger partial charge in [0.15, 0.2) is 11.5 Å². The molecule has 0 unspecified atom stereocenters. The quantitative estimate of drug-likeness (QED) is 0.400. The van der Waals surface area contributed by atoms with Crippen LogP contribution >= 0.6 is 27.7 Å². The molecule has 1 aromatic carbocycles. The van der Waals surface area contributed by atoms with Gasteiger partial charge in [-0.25, -0.2) is 0 Å². The molecule has 2 fully saturated rings. The first-order chi connectivity index (χ1) is 14.4. The lowest BCUT2D eigenvalue weighted by Gasteiger charge is -2.18. The number of likely N-dealkylation sites (tertiary alicyclic amines) is 1. The molecule has 2 heterocycles. The Kier molecular flexibility index (Phi) is 7.60. The lowest BCUT2D eigenvalue weighted by Crippen LogP contribution is -2.40. The van der Waals surface area contributed by atoms with Crippen LogP contribution in [0.1, 0.15) is 25.3 Å². The third kappa shape index (κ3) is 5.07. The number of thioether (sulfide) groups is 1. The summed E-state index contributed by atoms with van der Waals surface area (Å²) in [5.41, 5.74) is 0.667. The second kappa shape index (κ2) is 10.2. The highest BCUT2D eigenvalue weighted by Crippen LogP contribution is 2.38. The Morgan fingerprint density at radius 2 is 1.93 bits per heavy atom. The van der Waals surface area contributed by atoms with Gasteiger partial charge in [0.05, 0.1) is 11.5 Å². The number of benzene rings is 1. The Labute approximate surface area is 188 Å². The maximum Gasteiger partial charge on any atom is 0.294 e. The van der Waals surface area contributed by atoms with Crippen LogP contribution < -0.4 is 9.47 Å². The number of hydrogen-bond acceptors (Lipinski definition) is 6. The maximum absolute atomic E-state index is 12.8. The third-order valence-corrected chi connectivity index (χ3v) is 6.23. The molecular formula is C21H23BrN2O5S. The standard InChI is InChI=1S/C21H23BrN2O5S/c1-3-9-29-17-12-15(22)14(10-16(17)28-4-2)11-18-20(26)24(21(27)30-18)13-19(25)23-7-5-6-8-23/h3,10-12H,1,4-9,13H2,2H3. The molecule has 0 radical (unpaired) electrons. The highest BCUT2D eigenvalue weighted by Gasteiger charge is 2.37. The highest BCUT2D eigenvalue weighted by molar-refractivity contribution is 9.10. The summed E-state index contributed by atoms with van der Waals surface area (Å²) in [7, 11) is 0. The van der Waals surface area contributed by atoms with E-state index in [0.29, 0.717) is 47.8 Å². The zero-order valence-corrected chi connectivity index (χ0v) is 19.1. The minimum atomic E-state index is -0.464. The number of carbonyl (C=O) groups is 3. The molecule has 160 valence electrons. The van der Waals surface area contributed by atoms with E-state index in [-0.39, 0.29) is 17.4 Å². The van der Waals surface area contributed by atoms with Crippen LogP contribution in [-0.4, -0.2) is 59.7 Å². The Morgan fingerprint density at radius 3 is 2.60 bits per heavy atom. The van der Waals surface area contributed by atoms with Crippen molar-refractivity contribution < 1.29 is 23.9 Å². The van der Waals surface area contributed by atoms with Crippen LogP contribution in [0.25, 0.3) is 6.08 Å². The monoisotopic (exact) mass is 494 g/mol. The average Bonchev–Trinajstić information content (AvgIpc) is 3.34. The molecule has 7 nitrogen and oxygen atoms in total. The van der Waals surface area contributed by atoms with Crippen molar-refractivity contribution in [2.24, 2.45) is 0 Å². The number of nitrogens with zero attached hydrogens (tertiary/aromatic N) is 2. The van der Waals surface area contributed by atoms with Crippen molar-refractivity contribution in [3.63, 3.8) is 0 Å². The Morgan fingerprint density at radius 1 is 1.23 bits per heavy atom. The second-order valence-corrected chi connectivity index (χ2v) is 8.56. The van der Waals surface area contributed by atoms with Crippen molar-refractivity contribution in [3.8, 4) is 11.5 Å². The summed E-state index contributed by atoms with van der Waals surface area (Å²) in [5.74, 6) is 0.413. The molecular weight excluding hydrogens is 472 g/mol. The summed E-state index contributed by atoms with van der Waals surface area (Å²) >= 11 is 4.31. The van der Waals surface area contributed by atoms with Crippen LogP contribution in [0.4, 0.5) is 4.79 Å². The van der Waals surface area contributed by atoms with E-state index < -0.39 is 11.1 Å². The van der Waals surface area contributed by atoms with E-state index >= 15 is 0 Å². The van der Waals surface area contributed by atoms with Gasteiger partial charge in [-0.1, -0.05) is 28.6 Å². The Balaban J connectivity index is 1.81. The number of ether oxygens (including phenoxy) is 2. The molecule has 0 saturated carbocycles. The van der Waals surface area contributed by atoms with Gasteiger partial charge in [0.1, 0.15) is 13.2 Å². The number of halogens is 1. The average molecular weight is 495 g/mol. The zero-order chi connectivity index (χ0) is 21.7. The van der Waals surface area contributed by atoms with Gasteiger partial charge in [-0.3, -0.25) is 19.3 Å². The SMILES string of the molecule is C=CCOc1cc(Br)c(C=C2SC(=O)N(CC(=O)N3CCCC3)C2=O)cc1OCC. The van der Waals surface area contributed by atoms with E-state index in [9.17, 15) is 14.4 Å². The van der Waals surface area contributed by atoms with E-state index in [4.69, 9.17) is 9.47 Å². The molecule has 0 bridgehead atoms. The number of amides is 3. The fourth-order valence-corrected chi connectivity index (χ4v) is 4.44. The van der Waals surface area contributed by atoms with E-state index in [1.807, 2.05) is 6.92 Å². The third-order valence-electron chi connectivity index (χ3n) is 4.63. The topological polar surface area (TPSA) is 76.2 Å². The molecule has 2 aliphatic heterocycles. The Hall–Kier alpha value is -2.26. The fraction of sp³-hybridized carbons (Fsp3) is 0.381. The van der Waals surface area contributed by atoms with Crippen molar-refractivity contribution in [2.45, 2.75) is 19.8 Å². The molecule has 0 aromatic heterocycles. The number of rotatable bonds is 8. The molecule has 30 heavy (non-hydrogen) atoms. The van der Waals surface area contributed by atoms with Gasteiger partial charge in [-0.15, -0.1) is 0 Å². The first-order valence-corrected chi connectivity index (χ1v) is 11.3. The van der Waals surface area contributed by atoms with Crippen molar-refractivity contribution in [3.05, 3.63) is 39.7 Å². The van der Waals surface area contributed by atoms with E-state index in [1.54, 1.807) is 29.2 Å². The predicted octanol–water partition coefficient (Wildman–Crippen LogP) is 4.07. The van der Waals surface area contributed by atoms with Crippen molar-refractivity contribution in [1.29, 1.82) is 0 Å². The van der Waals surface area contributed by atoms with Gasteiger partial charge >= 0.3 is 0 Å². The molecule has 3 rings (SSSR count). The normalized spacial score (nSPS) is 17.7. The number of hydrogen-bond donors (Lipinski definition) is 0. The molecule has 0 aliphatic carbocycles. The summed E-state index contributed by atoms with van der Waals surface area (Å²) in [6.07, 6.45) is 5.17. The smallest absolute Gasteiger partial charge is 0.294 e. The summed E-state index contributed by atoms with van der Waals surface area (Å²) < 4.78 is 12.0. The van der Waals surface area contributed by atoms with E-state index in [0.717, 1.165) is 29.5 Å². The largest absolute Gasteiger partial charge is 0.490 e.